The van der Waals surface area contributed by atoms with E-state index < -0.39 is 27.3 Å². The van der Waals surface area contributed by atoms with E-state index in [2.05, 4.69) is 0 Å². The molecule has 2 rings (SSSR count). The van der Waals surface area contributed by atoms with Gasteiger partial charge in [0, 0.05) is 12.6 Å². The van der Waals surface area contributed by atoms with E-state index in [0.717, 1.165) is 25.3 Å². The molecule has 0 aliphatic carbocycles. The summed E-state index contributed by atoms with van der Waals surface area (Å²) in [4.78, 5) is 11.0. The van der Waals surface area contributed by atoms with E-state index in [4.69, 9.17) is 5.11 Å². The number of aryl methyl sites for hydroxylation is 1. The molecule has 1 atom stereocenters. The van der Waals surface area contributed by atoms with Crippen LogP contribution in [0.5, 0.6) is 5.75 Å². The molecule has 0 spiro atoms. The largest absolute Gasteiger partial charge is 0.507 e. The number of rotatable bonds is 4. The topological polar surface area (TPSA) is 94.9 Å². The average Bonchev–Trinajstić information content (AvgIpc) is 2.86. The van der Waals surface area contributed by atoms with E-state index in [1.54, 1.807) is 6.92 Å². The van der Waals surface area contributed by atoms with Crippen LogP contribution in [0.1, 0.15) is 42.1 Å². The standard InChI is InChI=1S/C14H19NO5S/c1-3-10-5-4-6-15(10)21(19,20)13-8-11(14(17)18)12(16)7-9(13)2/h7-8,10,16H,3-6H2,1-2H3,(H,17,18). The Hall–Kier alpha value is -1.60. The number of carbonyl (C=O) groups is 1. The molecule has 0 amide bonds. The predicted octanol–water partition coefficient (Wildman–Crippen LogP) is 1.96. The number of aromatic hydroxyl groups is 1. The monoisotopic (exact) mass is 313 g/mol. The van der Waals surface area contributed by atoms with Crippen molar-refractivity contribution in [2.75, 3.05) is 6.54 Å². The second-order valence-corrected chi connectivity index (χ2v) is 7.12. The number of sulfonamides is 1. The zero-order valence-electron chi connectivity index (χ0n) is 12.0. The van der Waals surface area contributed by atoms with Gasteiger partial charge < -0.3 is 10.2 Å². The van der Waals surface area contributed by atoms with E-state index >= 15 is 0 Å². The average molecular weight is 313 g/mol. The Morgan fingerprint density at radius 3 is 2.67 bits per heavy atom. The molecule has 0 aromatic heterocycles. The van der Waals surface area contributed by atoms with E-state index in [1.807, 2.05) is 6.92 Å². The van der Waals surface area contributed by atoms with Crippen molar-refractivity contribution in [2.24, 2.45) is 0 Å². The van der Waals surface area contributed by atoms with Crippen molar-refractivity contribution in [3.05, 3.63) is 23.3 Å². The molecule has 0 bridgehead atoms. The lowest BCUT2D eigenvalue weighted by Crippen LogP contribution is -2.35. The fourth-order valence-corrected chi connectivity index (χ4v) is 4.78. The number of carboxylic acids is 1. The van der Waals surface area contributed by atoms with Gasteiger partial charge in [-0.05, 0) is 43.9 Å². The van der Waals surface area contributed by atoms with Crippen LogP contribution in [0.15, 0.2) is 17.0 Å². The zero-order valence-corrected chi connectivity index (χ0v) is 12.9. The van der Waals surface area contributed by atoms with Crippen molar-refractivity contribution < 1.29 is 23.4 Å². The molecular formula is C14H19NO5S. The molecule has 7 heteroatoms. The number of phenols is 1. The number of benzene rings is 1. The first-order valence-corrected chi connectivity index (χ1v) is 8.31. The molecule has 1 aromatic rings. The molecule has 1 saturated heterocycles. The summed E-state index contributed by atoms with van der Waals surface area (Å²) < 4.78 is 27.0. The summed E-state index contributed by atoms with van der Waals surface area (Å²) in [5, 5.41) is 18.7. The van der Waals surface area contributed by atoms with Gasteiger partial charge >= 0.3 is 5.97 Å². The molecule has 116 valence electrons. The first-order chi connectivity index (χ1) is 9.78. The van der Waals surface area contributed by atoms with Gasteiger partial charge in [0.15, 0.2) is 0 Å². The van der Waals surface area contributed by atoms with Gasteiger partial charge in [0.1, 0.15) is 11.3 Å². The Kier molecular flexibility index (Phi) is 4.25. The van der Waals surface area contributed by atoms with E-state index in [-0.39, 0.29) is 10.9 Å². The summed E-state index contributed by atoms with van der Waals surface area (Å²) in [6.45, 7) is 3.93. The van der Waals surface area contributed by atoms with Gasteiger partial charge in [0.2, 0.25) is 10.0 Å². The van der Waals surface area contributed by atoms with Crippen LogP contribution >= 0.6 is 0 Å². The van der Waals surface area contributed by atoms with Gasteiger partial charge in [-0.1, -0.05) is 6.92 Å². The molecule has 1 aromatic carbocycles. The SMILES string of the molecule is CCC1CCCN1S(=O)(=O)c1cc(C(=O)O)c(O)cc1C. The highest BCUT2D eigenvalue weighted by molar-refractivity contribution is 7.89. The summed E-state index contributed by atoms with van der Waals surface area (Å²) in [6.07, 6.45) is 2.35. The number of aromatic carboxylic acids is 1. The third kappa shape index (κ3) is 2.75. The third-order valence-corrected chi connectivity index (χ3v) is 6.00. The maximum absolute atomic E-state index is 12.8. The highest BCUT2D eigenvalue weighted by atomic mass is 32.2. The maximum atomic E-state index is 12.8. The molecule has 21 heavy (non-hydrogen) atoms. The molecule has 0 radical (unpaired) electrons. The van der Waals surface area contributed by atoms with Gasteiger partial charge in [-0.25, -0.2) is 13.2 Å². The summed E-state index contributed by atoms with van der Waals surface area (Å²) in [6, 6.07) is 2.19. The van der Waals surface area contributed by atoms with Gasteiger partial charge in [-0.3, -0.25) is 0 Å². The van der Waals surface area contributed by atoms with Crippen LogP contribution in [0.4, 0.5) is 0 Å². The van der Waals surface area contributed by atoms with Crippen molar-refractivity contribution in [2.45, 2.75) is 44.0 Å². The lowest BCUT2D eigenvalue weighted by Gasteiger charge is -2.24. The fraction of sp³-hybridized carbons (Fsp3) is 0.500. The first kappa shape index (κ1) is 15.8. The van der Waals surface area contributed by atoms with Crippen molar-refractivity contribution in [1.29, 1.82) is 0 Å². The molecule has 1 fully saturated rings. The molecule has 0 saturated carbocycles. The van der Waals surface area contributed by atoms with Crippen molar-refractivity contribution in [3.63, 3.8) is 0 Å². The highest BCUT2D eigenvalue weighted by Gasteiger charge is 2.35. The van der Waals surface area contributed by atoms with Crippen LogP contribution < -0.4 is 0 Å². The second-order valence-electron chi connectivity index (χ2n) is 5.26. The van der Waals surface area contributed by atoms with Gasteiger partial charge in [0.25, 0.3) is 0 Å². The highest BCUT2D eigenvalue weighted by Crippen LogP contribution is 2.32. The summed E-state index contributed by atoms with van der Waals surface area (Å²) in [5.41, 5.74) is -0.0503. The van der Waals surface area contributed by atoms with Crippen molar-refractivity contribution >= 4 is 16.0 Å². The van der Waals surface area contributed by atoms with Crippen LogP contribution in [0, 0.1) is 6.92 Å². The lowest BCUT2D eigenvalue weighted by atomic mass is 10.1. The van der Waals surface area contributed by atoms with Crippen LogP contribution in [0.2, 0.25) is 0 Å². The molecule has 6 nitrogen and oxygen atoms in total. The van der Waals surface area contributed by atoms with E-state index in [1.165, 1.54) is 10.4 Å². The van der Waals surface area contributed by atoms with Crippen molar-refractivity contribution in [1.82, 2.24) is 4.31 Å². The van der Waals surface area contributed by atoms with Crippen LogP contribution in [-0.4, -0.2) is 41.5 Å². The van der Waals surface area contributed by atoms with E-state index in [0.29, 0.717) is 12.1 Å². The second kappa shape index (κ2) is 5.65. The maximum Gasteiger partial charge on any atom is 0.339 e. The summed E-state index contributed by atoms with van der Waals surface area (Å²) in [7, 11) is -3.74. The predicted molar refractivity (Wildman–Crippen MR) is 77.0 cm³/mol. The van der Waals surface area contributed by atoms with Gasteiger partial charge in [-0.15, -0.1) is 0 Å². The molecule has 1 aliphatic heterocycles. The number of hydrogen-bond donors (Lipinski definition) is 2. The van der Waals surface area contributed by atoms with Gasteiger partial charge in [0.05, 0.1) is 4.90 Å². The summed E-state index contributed by atoms with van der Waals surface area (Å²) >= 11 is 0. The van der Waals surface area contributed by atoms with Crippen LogP contribution in [0.25, 0.3) is 0 Å². The molecule has 1 aliphatic rings. The minimum Gasteiger partial charge on any atom is -0.507 e. The van der Waals surface area contributed by atoms with Crippen LogP contribution in [-0.2, 0) is 10.0 Å². The van der Waals surface area contributed by atoms with Crippen molar-refractivity contribution in [3.8, 4) is 5.75 Å². The zero-order chi connectivity index (χ0) is 15.8. The molecule has 1 heterocycles. The minimum atomic E-state index is -3.74. The van der Waals surface area contributed by atoms with Gasteiger partial charge in [-0.2, -0.15) is 4.31 Å². The number of hydrogen-bond acceptors (Lipinski definition) is 4. The fourth-order valence-electron chi connectivity index (χ4n) is 2.78. The summed E-state index contributed by atoms with van der Waals surface area (Å²) in [5.74, 6) is -1.77. The minimum absolute atomic E-state index is 0.0435. The quantitative estimate of drug-likeness (QED) is 0.886. The Labute approximate surface area is 124 Å². The molecular weight excluding hydrogens is 294 g/mol. The molecule has 2 N–H and O–H groups in total. The first-order valence-electron chi connectivity index (χ1n) is 6.87. The Morgan fingerprint density at radius 1 is 1.43 bits per heavy atom. The molecule has 1 unspecified atom stereocenters. The Morgan fingerprint density at radius 2 is 2.10 bits per heavy atom. The third-order valence-electron chi connectivity index (χ3n) is 3.90. The lowest BCUT2D eigenvalue weighted by molar-refractivity contribution is 0.0693. The van der Waals surface area contributed by atoms with Crippen LogP contribution in [0.3, 0.4) is 0 Å². The Balaban J connectivity index is 2.54. The van der Waals surface area contributed by atoms with E-state index in [9.17, 15) is 18.3 Å². The Bertz CT molecular complexity index is 668. The normalized spacial score (nSPS) is 19.8. The smallest absolute Gasteiger partial charge is 0.339 e. The number of carboxylic acid groups (broad SMARTS) is 1. The number of nitrogens with zero attached hydrogens (tertiary/aromatic N) is 1.